The molecule has 0 spiro atoms. The maximum atomic E-state index is 12.1. The van der Waals surface area contributed by atoms with Gasteiger partial charge in [-0.25, -0.2) is 4.98 Å². The summed E-state index contributed by atoms with van der Waals surface area (Å²) in [5.74, 6) is -0.0250. The first-order chi connectivity index (χ1) is 7.50. The van der Waals surface area contributed by atoms with Crippen molar-refractivity contribution in [3.63, 3.8) is 0 Å². The molecule has 0 bridgehead atoms. The molecular formula is C13H22N2OS. The van der Waals surface area contributed by atoms with Crippen molar-refractivity contribution in [2.75, 3.05) is 0 Å². The molecular weight excluding hydrogens is 232 g/mol. The minimum absolute atomic E-state index is 0.00428. The van der Waals surface area contributed by atoms with Gasteiger partial charge in [0.2, 0.25) is 0 Å². The highest BCUT2D eigenvalue weighted by Crippen LogP contribution is 2.29. The molecule has 0 aliphatic heterocycles. The number of aryl methyl sites for hydroxylation is 1. The SMILES string of the molecule is Cc1nc(C(C)(C)C)sc1C(=O)NC(C)(C)C. The van der Waals surface area contributed by atoms with Crippen LogP contribution < -0.4 is 5.32 Å². The van der Waals surface area contributed by atoms with Crippen LogP contribution in [0.15, 0.2) is 0 Å². The van der Waals surface area contributed by atoms with Crippen molar-refractivity contribution < 1.29 is 4.79 Å². The molecule has 0 saturated carbocycles. The summed E-state index contributed by atoms with van der Waals surface area (Å²) in [6.45, 7) is 14.2. The van der Waals surface area contributed by atoms with E-state index < -0.39 is 0 Å². The van der Waals surface area contributed by atoms with Gasteiger partial charge < -0.3 is 5.32 Å². The highest BCUT2D eigenvalue weighted by molar-refractivity contribution is 7.14. The minimum Gasteiger partial charge on any atom is -0.347 e. The standard InChI is InChI=1S/C13H22N2OS/c1-8-9(10(16)15-13(5,6)7)17-11(14-8)12(2,3)4/h1-7H3,(H,15,16). The van der Waals surface area contributed by atoms with Crippen molar-refractivity contribution in [1.82, 2.24) is 10.3 Å². The molecule has 0 aliphatic rings. The Bertz CT molecular complexity index is 422. The smallest absolute Gasteiger partial charge is 0.263 e. The van der Waals surface area contributed by atoms with Gasteiger partial charge in [-0.1, -0.05) is 20.8 Å². The van der Waals surface area contributed by atoms with E-state index in [0.717, 1.165) is 15.6 Å². The number of nitrogens with one attached hydrogen (secondary N) is 1. The first kappa shape index (κ1) is 14.2. The van der Waals surface area contributed by atoms with Gasteiger partial charge in [0.1, 0.15) is 4.88 Å². The monoisotopic (exact) mass is 254 g/mol. The topological polar surface area (TPSA) is 42.0 Å². The Morgan fingerprint density at radius 3 is 2.06 bits per heavy atom. The summed E-state index contributed by atoms with van der Waals surface area (Å²) >= 11 is 1.49. The molecule has 1 rings (SSSR count). The van der Waals surface area contributed by atoms with Crippen LogP contribution in [-0.2, 0) is 5.41 Å². The second-order valence-corrected chi connectivity index (χ2v) is 7.39. The summed E-state index contributed by atoms with van der Waals surface area (Å²) in [6.07, 6.45) is 0. The number of aromatic nitrogens is 1. The zero-order valence-electron chi connectivity index (χ0n) is 11.8. The molecule has 4 heteroatoms. The fourth-order valence-corrected chi connectivity index (χ4v) is 2.34. The van der Waals surface area contributed by atoms with Crippen molar-refractivity contribution >= 4 is 17.2 Å². The lowest BCUT2D eigenvalue weighted by molar-refractivity contribution is 0.0923. The average molecular weight is 254 g/mol. The van der Waals surface area contributed by atoms with Gasteiger partial charge in [-0.2, -0.15) is 0 Å². The summed E-state index contributed by atoms with van der Waals surface area (Å²) in [7, 11) is 0. The molecule has 1 heterocycles. The van der Waals surface area contributed by atoms with Crippen molar-refractivity contribution in [3.05, 3.63) is 15.6 Å². The van der Waals surface area contributed by atoms with Crippen LogP contribution in [0.25, 0.3) is 0 Å². The Labute approximate surface area is 108 Å². The molecule has 0 aliphatic carbocycles. The lowest BCUT2D eigenvalue weighted by Gasteiger charge is -2.20. The minimum atomic E-state index is -0.213. The lowest BCUT2D eigenvalue weighted by Crippen LogP contribution is -2.40. The fraction of sp³-hybridized carbons (Fsp3) is 0.692. The van der Waals surface area contributed by atoms with Crippen molar-refractivity contribution in [2.24, 2.45) is 0 Å². The highest BCUT2D eigenvalue weighted by atomic mass is 32.1. The molecule has 0 atom stereocenters. The lowest BCUT2D eigenvalue weighted by atomic mass is 9.98. The quantitative estimate of drug-likeness (QED) is 0.835. The van der Waals surface area contributed by atoms with Gasteiger partial charge in [-0.3, -0.25) is 4.79 Å². The molecule has 0 aromatic carbocycles. The van der Waals surface area contributed by atoms with E-state index in [4.69, 9.17) is 0 Å². The van der Waals surface area contributed by atoms with E-state index in [9.17, 15) is 4.79 Å². The maximum absolute atomic E-state index is 12.1. The predicted molar refractivity (Wildman–Crippen MR) is 72.8 cm³/mol. The molecule has 1 aromatic rings. The van der Waals surface area contributed by atoms with Crippen LogP contribution >= 0.6 is 11.3 Å². The van der Waals surface area contributed by atoms with E-state index in [1.54, 1.807) is 0 Å². The third kappa shape index (κ3) is 3.80. The number of carbonyl (C=O) groups is 1. The second kappa shape index (κ2) is 4.41. The van der Waals surface area contributed by atoms with Crippen LogP contribution in [0.4, 0.5) is 0 Å². The molecule has 3 nitrogen and oxygen atoms in total. The van der Waals surface area contributed by atoms with Crippen molar-refractivity contribution in [1.29, 1.82) is 0 Å². The second-order valence-electron chi connectivity index (χ2n) is 6.39. The molecule has 1 amide bonds. The summed E-state index contributed by atoms with van der Waals surface area (Å²) < 4.78 is 0. The van der Waals surface area contributed by atoms with Gasteiger partial charge >= 0.3 is 0 Å². The van der Waals surface area contributed by atoms with Crippen molar-refractivity contribution in [2.45, 2.75) is 59.4 Å². The Hall–Kier alpha value is -0.900. The Balaban J connectivity index is 3.00. The fourth-order valence-electron chi connectivity index (χ4n) is 1.33. The molecule has 0 fully saturated rings. The first-order valence-electron chi connectivity index (χ1n) is 5.81. The number of hydrogen-bond donors (Lipinski definition) is 1. The van der Waals surface area contributed by atoms with Crippen LogP contribution in [-0.4, -0.2) is 16.4 Å². The highest BCUT2D eigenvalue weighted by Gasteiger charge is 2.24. The van der Waals surface area contributed by atoms with E-state index in [2.05, 4.69) is 31.1 Å². The van der Waals surface area contributed by atoms with Gasteiger partial charge in [0.15, 0.2) is 0 Å². The Kier molecular flexibility index (Phi) is 3.67. The largest absolute Gasteiger partial charge is 0.347 e. The molecule has 1 aromatic heterocycles. The Morgan fingerprint density at radius 1 is 1.18 bits per heavy atom. The third-order valence-electron chi connectivity index (χ3n) is 2.13. The normalized spacial score (nSPS) is 12.6. The number of thiazole rings is 1. The summed E-state index contributed by atoms with van der Waals surface area (Å²) in [5.41, 5.74) is 0.604. The summed E-state index contributed by atoms with van der Waals surface area (Å²) in [6, 6.07) is 0. The maximum Gasteiger partial charge on any atom is 0.263 e. The summed E-state index contributed by atoms with van der Waals surface area (Å²) in [4.78, 5) is 17.3. The number of hydrogen-bond acceptors (Lipinski definition) is 3. The number of carbonyl (C=O) groups excluding carboxylic acids is 1. The van der Waals surface area contributed by atoms with Crippen LogP contribution in [0, 0.1) is 6.92 Å². The number of amides is 1. The molecule has 0 unspecified atom stereocenters. The van der Waals surface area contributed by atoms with Gasteiger partial charge in [0.25, 0.3) is 5.91 Å². The van der Waals surface area contributed by atoms with Crippen LogP contribution in [0.1, 0.15) is 61.9 Å². The Morgan fingerprint density at radius 2 is 1.71 bits per heavy atom. The van der Waals surface area contributed by atoms with Gasteiger partial charge in [0, 0.05) is 11.0 Å². The van der Waals surface area contributed by atoms with Crippen LogP contribution in [0.3, 0.4) is 0 Å². The van der Waals surface area contributed by atoms with E-state index in [0.29, 0.717) is 0 Å². The van der Waals surface area contributed by atoms with E-state index >= 15 is 0 Å². The number of rotatable bonds is 1. The average Bonchev–Trinajstić information content (AvgIpc) is 2.42. The van der Waals surface area contributed by atoms with E-state index in [-0.39, 0.29) is 16.9 Å². The molecule has 0 radical (unpaired) electrons. The first-order valence-corrected chi connectivity index (χ1v) is 6.63. The van der Waals surface area contributed by atoms with Gasteiger partial charge in [0.05, 0.1) is 10.7 Å². The predicted octanol–water partition coefficient (Wildman–Crippen LogP) is 3.28. The molecule has 0 saturated heterocycles. The van der Waals surface area contributed by atoms with Crippen LogP contribution in [0.5, 0.6) is 0 Å². The third-order valence-corrected chi connectivity index (χ3v) is 3.71. The van der Waals surface area contributed by atoms with Crippen LogP contribution in [0.2, 0.25) is 0 Å². The van der Waals surface area contributed by atoms with Gasteiger partial charge in [-0.15, -0.1) is 11.3 Å². The molecule has 1 N–H and O–H groups in total. The molecule has 96 valence electrons. The van der Waals surface area contributed by atoms with Crippen molar-refractivity contribution in [3.8, 4) is 0 Å². The van der Waals surface area contributed by atoms with E-state index in [1.807, 2.05) is 27.7 Å². The summed E-state index contributed by atoms with van der Waals surface area (Å²) in [5, 5.41) is 3.98. The van der Waals surface area contributed by atoms with Gasteiger partial charge in [-0.05, 0) is 27.7 Å². The molecule has 17 heavy (non-hydrogen) atoms. The number of nitrogens with zero attached hydrogens (tertiary/aromatic N) is 1. The zero-order chi connectivity index (χ0) is 13.4. The van der Waals surface area contributed by atoms with E-state index in [1.165, 1.54) is 11.3 Å². The zero-order valence-corrected chi connectivity index (χ0v) is 12.6.